The maximum Gasteiger partial charge on any atom is 0.0484 e. The Morgan fingerprint density at radius 3 is 2.79 bits per heavy atom. The molecule has 0 amide bonds. The Kier molecular flexibility index (Phi) is 5.29. The van der Waals surface area contributed by atoms with Crippen LogP contribution < -0.4 is 5.73 Å². The van der Waals surface area contributed by atoms with E-state index in [-0.39, 0.29) is 6.04 Å². The predicted molar refractivity (Wildman–Crippen MR) is 85.5 cm³/mol. The summed E-state index contributed by atoms with van der Waals surface area (Å²) in [5.74, 6) is 0.669. The zero-order chi connectivity index (χ0) is 14.0. The molecular weight excluding hydrogens is 324 g/mol. The molecule has 0 spiro atoms. The van der Waals surface area contributed by atoms with E-state index in [2.05, 4.69) is 40.7 Å². The first kappa shape index (κ1) is 15.3. The average Bonchev–Trinajstić information content (AvgIpc) is 2.82. The molecule has 4 heteroatoms. The summed E-state index contributed by atoms with van der Waals surface area (Å²) < 4.78 is 1.06. The smallest absolute Gasteiger partial charge is 0.0484 e. The second-order valence-corrected chi connectivity index (χ2v) is 6.90. The van der Waals surface area contributed by atoms with Gasteiger partial charge in [0.15, 0.2) is 0 Å². The van der Waals surface area contributed by atoms with Gasteiger partial charge in [-0.15, -0.1) is 0 Å². The number of nitrogens with zero attached hydrogens (tertiary/aromatic N) is 1. The average molecular weight is 346 g/mol. The molecule has 2 rings (SSSR count). The highest BCUT2D eigenvalue weighted by Crippen LogP contribution is 2.36. The van der Waals surface area contributed by atoms with Crippen molar-refractivity contribution in [3.63, 3.8) is 0 Å². The number of halogens is 2. The lowest BCUT2D eigenvalue weighted by Crippen LogP contribution is -2.40. The molecule has 2 N–H and O–H groups in total. The van der Waals surface area contributed by atoms with E-state index in [0.29, 0.717) is 18.5 Å². The molecule has 1 saturated heterocycles. The number of hydrogen-bond acceptors (Lipinski definition) is 2. The summed E-state index contributed by atoms with van der Waals surface area (Å²) >= 11 is 9.65. The Morgan fingerprint density at radius 1 is 1.47 bits per heavy atom. The van der Waals surface area contributed by atoms with E-state index in [4.69, 9.17) is 17.3 Å². The Morgan fingerprint density at radius 2 is 2.21 bits per heavy atom. The normalized spacial score (nSPS) is 22.1. The van der Waals surface area contributed by atoms with Crippen LogP contribution in [0.3, 0.4) is 0 Å². The number of hydrogen-bond donors (Lipinski definition) is 1. The van der Waals surface area contributed by atoms with Gasteiger partial charge in [-0.3, -0.25) is 4.90 Å². The van der Waals surface area contributed by atoms with Gasteiger partial charge in [0.1, 0.15) is 0 Å². The van der Waals surface area contributed by atoms with Crippen molar-refractivity contribution in [3.8, 4) is 0 Å². The predicted octanol–water partition coefficient (Wildman–Crippen LogP) is 4.22. The highest BCUT2D eigenvalue weighted by Gasteiger charge is 2.33. The monoisotopic (exact) mass is 344 g/mol. The fourth-order valence-electron chi connectivity index (χ4n) is 3.13. The van der Waals surface area contributed by atoms with Gasteiger partial charge in [-0.1, -0.05) is 47.4 Å². The van der Waals surface area contributed by atoms with Crippen molar-refractivity contribution in [2.75, 3.05) is 13.1 Å². The number of rotatable bonds is 4. The molecule has 1 heterocycles. The lowest BCUT2D eigenvalue weighted by atomic mass is 9.98. The van der Waals surface area contributed by atoms with Crippen molar-refractivity contribution in [1.82, 2.24) is 4.90 Å². The second kappa shape index (κ2) is 6.57. The molecule has 0 saturated carbocycles. The van der Waals surface area contributed by atoms with Crippen LogP contribution in [0.1, 0.15) is 38.3 Å². The van der Waals surface area contributed by atoms with Crippen LogP contribution in [0.15, 0.2) is 22.7 Å². The van der Waals surface area contributed by atoms with Crippen molar-refractivity contribution in [2.24, 2.45) is 11.7 Å². The number of nitrogens with two attached hydrogens (primary N) is 1. The van der Waals surface area contributed by atoms with E-state index in [9.17, 15) is 0 Å². The molecule has 1 aliphatic rings. The molecule has 19 heavy (non-hydrogen) atoms. The third kappa shape index (κ3) is 3.33. The first-order valence-electron chi connectivity index (χ1n) is 6.95. The van der Waals surface area contributed by atoms with Gasteiger partial charge >= 0.3 is 0 Å². The van der Waals surface area contributed by atoms with Gasteiger partial charge in [-0.2, -0.15) is 0 Å². The lowest BCUT2D eigenvalue weighted by Gasteiger charge is -2.35. The van der Waals surface area contributed by atoms with Crippen LogP contribution in [-0.2, 0) is 0 Å². The largest absolute Gasteiger partial charge is 0.329 e. The van der Waals surface area contributed by atoms with E-state index in [1.165, 1.54) is 18.4 Å². The van der Waals surface area contributed by atoms with Crippen LogP contribution in [0.5, 0.6) is 0 Å². The molecule has 2 unspecified atom stereocenters. The van der Waals surface area contributed by atoms with Crippen molar-refractivity contribution in [2.45, 2.75) is 38.8 Å². The zero-order valence-corrected chi connectivity index (χ0v) is 13.9. The fourth-order valence-corrected chi connectivity index (χ4v) is 4.08. The summed E-state index contributed by atoms with van der Waals surface area (Å²) in [7, 11) is 0. The third-order valence-corrected chi connectivity index (χ3v) is 4.98. The van der Waals surface area contributed by atoms with Crippen LogP contribution in [0.4, 0.5) is 0 Å². The summed E-state index contributed by atoms with van der Waals surface area (Å²) in [5, 5.41) is 0.758. The fraction of sp³-hybridized carbons (Fsp3) is 0.600. The van der Waals surface area contributed by atoms with E-state index in [1.807, 2.05) is 12.1 Å². The van der Waals surface area contributed by atoms with E-state index in [1.54, 1.807) is 0 Å². The molecule has 1 fully saturated rings. The van der Waals surface area contributed by atoms with Crippen LogP contribution in [0, 0.1) is 5.92 Å². The van der Waals surface area contributed by atoms with Crippen molar-refractivity contribution < 1.29 is 0 Å². The summed E-state index contributed by atoms with van der Waals surface area (Å²) in [5.41, 5.74) is 7.31. The Balaban J connectivity index is 2.28. The SMILES string of the molecule is CC(C)C1CCCN1C(CN)c1ccc(Cl)cc1Br. The van der Waals surface area contributed by atoms with Gasteiger partial charge < -0.3 is 5.73 Å². The standard InChI is InChI=1S/C15H22BrClN2/c1-10(2)14-4-3-7-19(14)15(9-18)12-6-5-11(17)8-13(12)16/h5-6,8,10,14-15H,3-4,7,9,18H2,1-2H3. The summed E-state index contributed by atoms with van der Waals surface area (Å²) in [6.45, 7) is 6.38. The minimum absolute atomic E-state index is 0.279. The maximum absolute atomic E-state index is 6.06. The lowest BCUT2D eigenvalue weighted by molar-refractivity contribution is 0.149. The van der Waals surface area contributed by atoms with Crippen LogP contribution in [0.2, 0.25) is 5.02 Å². The molecule has 1 aromatic carbocycles. The Bertz CT molecular complexity index is 436. The van der Waals surface area contributed by atoms with Gasteiger partial charge in [0.05, 0.1) is 0 Å². The topological polar surface area (TPSA) is 29.3 Å². The van der Waals surface area contributed by atoms with E-state index < -0.39 is 0 Å². The quantitative estimate of drug-likeness (QED) is 0.885. The maximum atomic E-state index is 6.06. The van der Waals surface area contributed by atoms with Crippen molar-refractivity contribution >= 4 is 27.5 Å². The molecule has 106 valence electrons. The molecular formula is C15H22BrClN2. The van der Waals surface area contributed by atoms with Crippen LogP contribution in [0.25, 0.3) is 0 Å². The first-order valence-corrected chi connectivity index (χ1v) is 8.12. The van der Waals surface area contributed by atoms with Gasteiger partial charge in [0, 0.05) is 28.1 Å². The molecule has 0 aromatic heterocycles. The first-order chi connectivity index (χ1) is 9.04. The Labute approximate surface area is 129 Å². The Hall–Kier alpha value is -0.0900. The summed E-state index contributed by atoms with van der Waals surface area (Å²) in [6.07, 6.45) is 2.55. The minimum Gasteiger partial charge on any atom is -0.329 e. The summed E-state index contributed by atoms with van der Waals surface area (Å²) in [6, 6.07) is 6.92. The van der Waals surface area contributed by atoms with Gasteiger partial charge in [0.25, 0.3) is 0 Å². The number of benzene rings is 1. The highest BCUT2D eigenvalue weighted by atomic mass is 79.9. The summed E-state index contributed by atoms with van der Waals surface area (Å²) in [4.78, 5) is 2.57. The van der Waals surface area contributed by atoms with Gasteiger partial charge in [0.2, 0.25) is 0 Å². The molecule has 2 atom stereocenters. The third-order valence-electron chi connectivity index (χ3n) is 4.06. The second-order valence-electron chi connectivity index (χ2n) is 5.61. The van der Waals surface area contributed by atoms with Crippen LogP contribution >= 0.6 is 27.5 Å². The molecule has 1 aliphatic heterocycles. The molecule has 0 aliphatic carbocycles. The highest BCUT2D eigenvalue weighted by molar-refractivity contribution is 9.10. The minimum atomic E-state index is 0.279. The van der Waals surface area contributed by atoms with Gasteiger partial charge in [-0.25, -0.2) is 0 Å². The molecule has 0 radical (unpaired) electrons. The van der Waals surface area contributed by atoms with Crippen molar-refractivity contribution in [1.29, 1.82) is 0 Å². The van der Waals surface area contributed by atoms with E-state index in [0.717, 1.165) is 16.0 Å². The molecule has 1 aromatic rings. The molecule has 0 bridgehead atoms. The molecule has 2 nitrogen and oxygen atoms in total. The zero-order valence-electron chi connectivity index (χ0n) is 11.6. The van der Waals surface area contributed by atoms with Crippen LogP contribution in [-0.4, -0.2) is 24.0 Å². The van der Waals surface area contributed by atoms with E-state index >= 15 is 0 Å². The van der Waals surface area contributed by atoms with Crippen molar-refractivity contribution in [3.05, 3.63) is 33.3 Å². The number of likely N-dealkylation sites (tertiary alicyclic amines) is 1. The van der Waals surface area contributed by atoms with Gasteiger partial charge in [-0.05, 0) is 43.0 Å².